The summed E-state index contributed by atoms with van der Waals surface area (Å²) in [6.07, 6.45) is -1.09. The number of hydrogen-bond donors (Lipinski definition) is 1. The van der Waals surface area contributed by atoms with Crippen molar-refractivity contribution in [1.82, 2.24) is 15.0 Å². The minimum Gasteiger partial charge on any atom is -0.489 e. The normalized spacial score (nSPS) is 22.4. The fourth-order valence-corrected chi connectivity index (χ4v) is 4.95. The molecule has 2 amide bonds. The quantitative estimate of drug-likeness (QED) is 0.494. The molecule has 0 unspecified atom stereocenters. The number of amides is 2. The Morgan fingerprint density at radius 2 is 2.05 bits per heavy atom. The topological polar surface area (TPSA) is 119 Å². The minimum absolute atomic E-state index is 0.188. The predicted octanol–water partition coefficient (Wildman–Crippen LogP) is 4.19. The number of ketones is 1. The molecular formula is C26H31F3N6O5. The standard InChI is InChI=1S/C26H31F3N6O5/c1-15(26(27,28)29)9-20(36)22-31-11-19-23(33-22)35(16-5-4-8-34(19)12-16)24(37)32-21-7-6-17(10-30-21)38-13-18-14-39-25(2,3)40-18/h6-7,10-11,15-16,18H,4-5,8-9,12-14H2,1-3H3,(H,30,32,37)/t15-,16-,18+/m0/s1. The number of anilines is 3. The molecule has 3 aliphatic heterocycles. The lowest BCUT2D eigenvalue weighted by Gasteiger charge is -2.45. The summed E-state index contributed by atoms with van der Waals surface area (Å²) in [6.45, 7) is 6.57. The molecule has 40 heavy (non-hydrogen) atoms. The lowest BCUT2D eigenvalue weighted by atomic mass is 10.00. The van der Waals surface area contributed by atoms with Crippen LogP contribution in [0.4, 0.5) is 35.3 Å². The summed E-state index contributed by atoms with van der Waals surface area (Å²) in [6, 6.07) is 2.49. The van der Waals surface area contributed by atoms with Gasteiger partial charge in [0, 0.05) is 19.5 Å². The van der Waals surface area contributed by atoms with Crippen LogP contribution in [-0.4, -0.2) is 77.2 Å². The van der Waals surface area contributed by atoms with Crippen LogP contribution in [0, 0.1) is 5.92 Å². The summed E-state index contributed by atoms with van der Waals surface area (Å²) >= 11 is 0. The van der Waals surface area contributed by atoms with Gasteiger partial charge in [0.15, 0.2) is 17.4 Å². The molecular weight excluding hydrogens is 533 g/mol. The number of hydrogen-bond acceptors (Lipinski definition) is 9. The summed E-state index contributed by atoms with van der Waals surface area (Å²) in [4.78, 5) is 42.1. The largest absolute Gasteiger partial charge is 0.489 e. The van der Waals surface area contributed by atoms with Crippen molar-refractivity contribution in [2.45, 2.75) is 64.1 Å². The molecule has 3 atom stereocenters. The van der Waals surface area contributed by atoms with Crippen molar-refractivity contribution in [3.8, 4) is 5.75 Å². The van der Waals surface area contributed by atoms with Crippen LogP contribution in [-0.2, 0) is 9.47 Å². The number of nitrogens with zero attached hydrogens (tertiary/aromatic N) is 5. The van der Waals surface area contributed by atoms with Crippen LogP contribution in [0.25, 0.3) is 0 Å². The number of nitrogens with one attached hydrogen (secondary N) is 1. The Labute approximate surface area is 229 Å². The highest BCUT2D eigenvalue weighted by atomic mass is 19.4. The van der Waals surface area contributed by atoms with Crippen molar-refractivity contribution in [3.05, 3.63) is 30.4 Å². The third kappa shape index (κ3) is 6.12. The zero-order valence-electron chi connectivity index (χ0n) is 22.4. The molecule has 5 heterocycles. The Hall–Kier alpha value is -3.52. The van der Waals surface area contributed by atoms with E-state index in [1.165, 1.54) is 17.3 Å². The maximum absolute atomic E-state index is 13.5. The molecule has 2 aromatic rings. The summed E-state index contributed by atoms with van der Waals surface area (Å²) in [5.74, 6) is -2.74. The highest BCUT2D eigenvalue weighted by Crippen LogP contribution is 2.38. The Morgan fingerprint density at radius 3 is 2.73 bits per heavy atom. The first-order valence-corrected chi connectivity index (χ1v) is 13.1. The molecule has 2 fully saturated rings. The summed E-state index contributed by atoms with van der Waals surface area (Å²) in [5.41, 5.74) is 0.546. The minimum atomic E-state index is -4.51. The van der Waals surface area contributed by atoms with Gasteiger partial charge in [-0.25, -0.2) is 19.7 Å². The Kier molecular flexibility index (Phi) is 7.57. The van der Waals surface area contributed by atoms with E-state index >= 15 is 0 Å². The third-order valence-electron chi connectivity index (χ3n) is 7.07. The van der Waals surface area contributed by atoms with Crippen molar-refractivity contribution in [2.75, 3.05) is 41.4 Å². The van der Waals surface area contributed by atoms with E-state index in [-0.39, 0.29) is 36.2 Å². The van der Waals surface area contributed by atoms with Crippen molar-refractivity contribution < 1.29 is 37.0 Å². The van der Waals surface area contributed by atoms with E-state index < -0.39 is 36.1 Å². The van der Waals surface area contributed by atoms with Crippen LogP contribution in [0.15, 0.2) is 24.5 Å². The molecule has 216 valence electrons. The van der Waals surface area contributed by atoms with Crippen LogP contribution < -0.4 is 19.9 Å². The molecule has 0 aromatic carbocycles. The second-order valence-electron chi connectivity index (χ2n) is 10.7. The van der Waals surface area contributed by atoms with Gasteiger partial charge in [0.25, 0.3) is 0 Å². The molecule has 2 aromatic heterocycles. The number of rotatable bonds is 7. The molecule has 0 spiro atoms. The van der Waals surface area contributed by atoms with Crippen LogP contribution in [0.1, 0.15) is 50.7 Å². The Bertz CT molecular complexity index is 1260. The van der Waals surface area contributed by atoms with Crippen molar-refractivity contribution in [2.24, 2.45) is 5.92 Å². The molecule has 11 nitrogen and oxygen atoms in total. The van der Waals surface area contributed by atoms with Crippen LogP contribution in [0.3, 0.4) is 0 Å². The molecule has 1 N–H and O–H groups in total. The number of fused-ring (bicyclic) bond motifs is 4. The van der Waals surface area contributed by atoms with Gasteiger partial charge in [-0.15, -0.1) is 0 Å². The van der Waals surface area contributed by atoms with Crippen LogP contribution in [0.2, 0.25) is 0 Å². The first kappa shape index (κ1) is 28.0. The molecule has 5 rings (SSSR count). The summed E-state index contributed by atoms with van der Waals surface area (Å²) in [7, 11) is 0. The lowest BCUT2D eigenvalue weighted by Crippen LogP contribution is -2.56. The van der Waals surface area contributed by atoms with Gasteiger partial charge < -0.3 is 19.1 Å². The van der Waals surface area contributed by atoms with Gasteiger partial charge in [0.05, 0.1) is 36.6 Å². The first-order chi connectivity index (χ1) is 18.9. The van der Waals surface area contributed by atoms with Gasteiger partial charge in [-0.05, 0) is 38.8 Å². The number of urea groups is 1. The number of Topliss-reactive ketones (excluding diaryl/α,β-unsaturated/α-hetero) is 1. The molecule has 0 saturated carbocycles. The molecule has 14 heteroatoms. The van der Waals surface area contributed by atoms with E-state index in [0.717, 1.165) is 19.9 Å². The van der Waals surface area contributed by atoms with E-state index in [9.17, 15) is 22.8 Å². The monoisotopic (exact) mass is 564 g/mol. The number of carbonyl (C=O) groups is 2. The van der Waals surface area contributed by atoms with E-state index in [1.54, 1.807) is 12.1 Å². The number of carbonyl (C=O) groups excluding carboxylic acids is 2. The number of piperidine rings is 1. The number of ether oxygens (including phenoxy) is 3. The van der Waals surface area contributed by atoms with E-state index in [4.69, 9.17) is 14.2 Å². The lowest BCUT2D eigenvalue weighted by molar-refractivity contribution is -0.168. The van der Waals surface area contributed by atoms with E-state index in [1.807, 2.05) is 18.7 Å². The fraction of sp³-hybridized carbons (Fsp3) is 0.577. The van der Waals surface area contributed by atoms with Crippen LogP contribution >= 0.6 is 0 Å². The first-order valence-electron chi connectivity index (χ1n) is 13.1. The second-order valence-corrected chi connectivity index (χ2v) is 10.7. The molecule has 3 aliphatic rings. The van der Waals surface area contributed by atoms with Gasteiger partial charge in [0.1, 0.15) is 24.3 Å². The highest BCUT2D eigenvalue weighted by molar-refractivity contribution is 6.04. The maximum atomic E-state index is 13.5. The number of pyridine rings is 1. The average Bonchev–Trinajstić information content (AvgIpc) is 3.26. The van der Waals surface area contributed by atoms with Gasteiger partial charge in [0.2, 0.25) is 5.78 Å². The van der Waals surface area contributed by atoms with Gasteiger partial charge in [-0.3, -0.25) is 15.0 Å². The second kappa shape index (κ2) is 10.8. The van der Waals surface area contributed by atoms with E-state index in [0.29, 0.717) is 31.0 Å². The Morgan fingerprint density at radius 1 is 1.25 bits per heavy atom. The average molecular weight is 565 g/mol. The van der Waals surface area contributed by atoms with Crippen molar-refractivity contribution in [1.29, 1.82) is 0 Å². The number of alkyl halides is 3. The maximum Gasteiger partial charge on any atom is 0.391 e. The Balaban J connectivity index is 1.29. The molecule has 2 bridgehead atoms. The highest BCUT2D eigenvalue weighted by Gasteiger charge is 2.41. The van der Waals surface area contributed by atoms with Crippen molar-refractivity contribution in [3.63, 3.8) is 0 Å². The van der Waals surface area contributed by atoms with Crippen LogP contribution in [0.5, 0.6) is 5.75 Å². The smallest absolute Gasteiger partial charge is 0.391 e. The summed E-state index contributed by atoms with van der Waals surface area (Å²) in [5, 5.41) is 2.75. The zero-order valence-corrected chi connectivity index (χ0v) is 22.4. The molecule has 2 saturated heterocycles. The van der Waals surface area contributed by atoms with Crippen molar-refractivity contribution >= 4 is 29.1 Å². The molecule has 0 radical (unpaired) electrons. The number of aromatic nitrogens is 3. The summed E-state index contributed by atoms with van der Waals surface area (Å²) < 4.78 is 56.0. The fourth-order valence-electron chi connectivity index (χ4n) is 4.95. The van der Waals surface area contributed by atoms with Gasteiger partial charge in [-0.2, -0.15) is 13.2 Å². The predicted molar refractivity (Wildman–Crippen MR) is 138 cm³/mol. The van der Waals surface area contributed by atoms with Gasteiger partial charge >= 0.3 is 12.2 Å². The number of halogens is 3. The SMILES string of the molecule is C[C@@H](CC(=O)c1ncc2c(n1)N(C(=O)Nc1ccc(OC[C@@H]3COC(C)(C)O3)cn1)[C@H]1CCCN2C1)C(F)(F)F. The molecule has 0 aliphatic carbocycles. The van der Waals surface area contributed by atoms with E-state index in [2.05, 4.69) is 20.3 Å². The van der Waals surface area contributed by atoms with Gasteiger partial charge in [-0.1, -0.05) is 6.92 Å². The third-order valence-corrected chi connectivity index (χ3v) is 7.07. The zero-order chi connectivity index (χ0) is 28.7.